The van der Waals surface area contributed by atoms with Gasteiger partial charge in [-0.1, -0.05) is 18.2 Å². The topological polar surface area (TPSA) is 106 Å². The van der Waals surface area contributed by atoms with E-state index in [1.54, 1.807) is 24.3 Å². The van der Waals surface area contributed by atoms with Crippen molar-refractivity contribution in [1.29, 1.82) is 5.26 Å². The molecule has 3 aliphatic rings. The van der Waals surface area contributed by atoms with Crippen LogP contribution in [0.1, 0.15) is 42.0 Å². The average Bonchev–Trinajstić information content (AvgIpc) is 2.98. The number of urea groups is 1. The summed E-state index contributed by atoms with van der Waals surface area (Å²) in [7, 11) is 0. The van der Waals surface area contributed by atoms with Crippen LogP contribution in [0.5, 0.6) is 0 Å². The zero-order valence-corrected chi connectivity index (χ0v) is 22.8. The molecule has 2 aromatic carbocycles. The number of carbonyl (C=O) groups excluding carboxylic acids is 3. The summed E-state index contributed by atoms with van der Waals surface area (Å²) in [5.74, 6) is -0.709. The molecule has 9 nitrogen and oxygen atoms in total. The van der Waals surface area contributed by atoms with Crippen molar-refractivity contribution >= 4 is 23.4 Å². The molecule has 0 bridgehead atoms. The van der Waals surface area contributed by atoms with Gasteiger partial charge in [-0.2, -0.15) is 18.4 Å². The second-order valence-electron chi connectivity index (χ2n) is 10.4. The van der Waals surface area contributed by atoms with Crippen molar-refractivity contribution in [2.24, 2.45) is 0 Å². The number of allylic oxidation sites excluding steroid dienone is 1. The number of hydrogen-bond donors (Lipinski definition) is 1. The number of ketones is 1. The Balaban J connectivity index is 1.52. The summed E-state index contributed by atoms with van der Waals surface area (Å²) in [6, 6.07) is 11.2. The van der Waals surface area contributed by atoms with Gasteiger partial charge in [-0.15, -0.1) is 0 Å². The second-order valence-corrected chi connectivity index (χ2v) is 10.4. The predicted molar refractivity (Wildman–Crippen MR) is 146 cm³/mol. The molecule has 1 N–H and O–H groups in total. The first-order chi connectivity index (χ1) is 20.2. The Morgan fingerprint density at radius 1 is 1.07 bits per heavy atom. The number of nitrogens with one attached hydrogen (secondary N) is 1. The van der Waals surface area contributed by atoms with Crippen LogP contribution in [0.25, 0.3) is 0 Å². The Kier molecular flexibility index (Phi) is 8.61. The number of rotatable bonds is 7. The van der Waals surface area contributed by atoms with Crippen molar-refractivity contribution in [1.82, 2.24) is 15.1 Å². The number of benzene rings is 2. The highest BCUT2D eigenvalue weighted by Crippen LogP contribution is 2.44. The van der Waals surface area contributed by atoms with E-state index in [4.69, 9.17) is 4.74 Å². The van der Waals surface area contributed by atoms with E-state index in [0.717, 1.165) is 30.1 Å². The molecule has 1 fully saturated rings. The van der Waals surface area contributed by atoms with E-state index < -0.39 is 36.3 Å². The Bertz CT molecular complexity index is 1430. The summed E-state index contributed by atoms with van der Waals surface area (Å²) < 4.78 is 46.2. The fraction of sp³-hybridized carbons (Fsp3) is 0.400. The molecule has 220 valence electrons. The third-order valence-electron chi connectivity index (χ3n) is 7.68. The fourth-order valence-corrected chi connectivity index (χ4v) is 5.62. The molecule has 1 atom stereocenters. The van der Waals surface area contributed by atoms with Crippen molar-refractivity contribution in [3.05, 3.63) is 76.5 Å². The summed E-state index contributed by atoms with van der Waals surface area (Å²) in [4.78, 5) is 45.3. The molecule has 0 spiro atoms. The molecular formula is C30H30F3N5O4. The van der Waals surface area contributed by atoms with E-state index in [1.807, 2.05) is 6.07 Å². The first-order valence-electron chi connectivity index (χ1n) is 13.8. The van der Waals surface area contributed by atoms with Crippen molar-refractivity contribution in [3.8, 4) is 6.07 Å². The molecule has 0 saturated carbocycles. The van der Waals surface area contributed by atoms with Gasteiger partial charge in [0.2, 0.25) is 5.91 Å². The first-order valence-corrected chi connectivity index (χ1v) is 13.8. The Morgan fingerprint density at radius 3 is 2.50 bits per heavy atom. The number of ether oxygens (including phenoxy) is 1. The van der Waals surface area contributed by atoms with Crippen molar-refractivity contribution in [3.63, 3.8) is 0 Å². The number of amides is 3. The maximum Gasteiger partial charge on any atom is 0.416 e. The number of hydrogen-bond acceptors (Lipinski definition) is 6. The first kappa shape index (κ1) is 29.3. The molecule has 0 aromatic heterocycles. The summed E-state index contributed by atoms with van der Waals surface area (Å²) in [6.45, 7) is 3.20. The molecule has 1 saturated heterocycles. The monoisotopic (exact) mass is 581 g/mol. The largest absolute Gasteiger partial charge is 0.416 e. The lowest BCUT2D eigenvalue weighted by Crippen LogP contribution is -2.55. The zero-order chi connectivity index (χ0) is 29.9. The van der Waals surface area contributed by atoms with Crippen LogP contribution in [0, 0.1) is 11.3 Å². The number of morpholine rings is 1. The van der Waals surface area contributed by atoms with E-state index in [0.29, 0.717) is 56.0 Å². The van der Waals surface area contributed by atoms with Gasteiger partial charge < -0.3 is 15.0 Å². The molecule has 2 heterocycles. The van der Waals surface area contributed by atoms with E-state index in [9.17, 15) is 32.8 Å². The van der Waals surface area contributed by atoms with Gasteiger partial charge in [0.15, 0.2) is 5.78 Å². The second kappa shape index (κ2) is 12.3. The van der Waals surface area contributed by atoms with Crippen LogP contribution in [-0.2, 0) is 20.5 Å². The van der Waals surface area contributed by atoms with Crippen molar-refractivity contribution in [2.45, 2.75) is 31.5 Å². The van der Waals surface area contributed by atoms with Gasteiger partial charge in [0, 0.05) is 43.9 Å². The van der Waals surface area contributed by atoms with Crippen LogP contribution in [0.3, 0.4) is 0 Å². The van der Waals surface area contributed by atoms with Crippen molar-refractivity contribution in [2.75, 3.05) is 50.8 Å². The van der Waals surface area contributed by atoms with E-state index >= 15 is 0 Å². The van der Waals surface area contributed by atoms with Crippen LogP contribution < -0.4 is 10.2 Å². The van der Waals surface area contributed by atoms with Gasteiger partial charge in [-0.3, -0.25) is 19.4 Å². The number of anilines is 1. The van der Waals surface area contributed by atoms with Crippen LogP contribution in [-0.4, -0.2) is 73.5 Å². The minimum absolute atomic E-state index is 0.0342. The molecule has 1 aliphatic carbocycles. The maximum atomic E-state index is 14.2. The summed E-state index contributed by atoms with van der Waals surface area (Å²) in [5.41, 5.74) is 0.530. The molecule has 2 aromatic rings. The maximum absolute atomic E-state index is 14.2. The Labute approximate surface area is 241 Å². The van der Waals surface area contributed by atoms with Crippen LogP contribution in [0.2, 0.25) is 0 Å². The van der Waals surface area contributed by atoms with Crippen LogP contribution in [0.4, 0.5) is 23.7 Å². The Hall–Kier alpha value is -4.21. The summed E-state index contributed by atoms with van der Waals surface area (Å²) >= 11 is 0. The lowest BCUT2D eigenvalue weighted by molar-refractivity contribution is -0.137. The number of Topliss-reactive ketones (excluding diaryl/α,β-unsaturated/α-hetero) is 1. The quantitative estimate of drug-likeness (QED) is 0.530. The van der Waals surface area contributed by atoms with Gasteiger partial charge in [0.05, 0.1) is 42.1 Å². The highest BCUT2D eigenvalue weighted by atomic mass is 19.4. The van der Waals surface area contributed by atoms with E-state index in [2.05, 4.69) is 10.2 Å². The fourth-order valence-electron chi connectivity index (χ4n) is 5.62. The summed E-state index contributed by atoms with van der Waals surface area (Å²) in [5, 5.41) is 12.1. The SMILES string of the molecule is N#Cc1ccc(C2C3=C(CCCC3=O)N(c3cccc(C(F)(F)F)c3)C(=O)N2CC(=O)NCCN2CCOCC2)cc1. The lowest BCUT2D eigenvalue weighted by atomic mass is 9.83. The highest BCUT2D eigenvalue weighted by molar-refractivity contribution is 6.07. The molecule has 0 radical (unpaired) electrons. The van der Waals surface area contributed by atoms with E-state index in [1.165, 1.54) is 17.0 Å². The number of nitrogens with zero attached hydrogens (tertiary/aromatic N) is 4. The van der Waals surface area contributed by atoms with Gasteiger partial charge in [-0.25, -0.2) is 4.79 Å². The molecule has 2 aliphatic heterocycles. The minimum Gasteiger partial charge on any atom is -0.379 e. The summed E-state index contributed by atoms with van der Waals surface area (Å²) in [6.07, 6.45) is -3.70. The van der Waals surface area contributed by atoms with Crippen molar-refractivity contribution < 1.29 is 32.3 Å². The average molecular weight is 582 g/mol. The van der Waals surface area contributed by atoms with Gasteiger partial charge >= 0.3 is 12.2 Å². The molecular weight excluding hydrogens is 551 g/mol. The molecule has 1 unspecified atom stereocenters. The molecule has 3 amide bonds. The van der Waals surface area contributed by atoms with Gasteiger partial charge in [0.1, 0.15) is 6.54 Å². The smallest absolute Gasteiger partial charge is 0.379 e. The normalized spacial score (nSPS) is 19.9. The molecule has 5 rings (SSSR count). The minimum atomic E-state index is -4.64. The Morgan fingerprint density at radius 2 is 1.81 bits per heavy atom. The van der Waals surface area contributed by atoms with Crippen LogP contribution in [0.15, 0.2) is 59.8 Å². The number of carbonyl (C=O) groups is 3. The standard InChI is InChI=1S/C30H30F3N5O4/c31-30(32,33)22-3-1-4-23(17-22)38-24-5-2-6-25(39)27(24)28(21-9-7-20(18-34)8-10-21)37(29(38)41)19-26(40)35-11-12-36-13-15-42-16-14-36/h1,3-4,7-10,17,28H,2,5-6,11-16,19H2,(H,35,40). The lowest BCUT2D eigenvalue weighted by Gasteiger charge is -2.45. The van der Waals surface area contributed by atoms with Crippen LogP contribution >= 0.6 is 0 Å². The van der Waals surface area contributed by atoms with Gasteiger partial charge in [-0.05, 0) is 48.7 Å². The third kappa shape index (κ3) is 6.17. The zero-order valence-electron chi connectivity index (χ0n) is 22.8. The molecule has 42 heavy (non-hydrogen) atoms. The number of halogens is 3. The number of alkyl halides is 3. The number of nitriles is 1. The predicted octanol–water partition coefficient (Wildman–Crippen LogP) is 4.02. The third-order valence-corrected chi connectivity index (χ3v) is 7.68. The highest BCUT2D eigenvalue weighted by Gasteiger charge is 2.45. The molecule has 12 heteroatoms. The van der Waals surface area contributed by atoms with Gasteiger partial charge in [0.25, 0.3) is 0 Å². The van der Waals surface area contributed by atoms with E-state index in [-0.39, 0.29) is 23.5 Å².